The molecule has 0 radical (unpaired) electrons. The average molecular weight is 514 g/mol. The van der Waals surface area contributed by atoms with Gasteiger partial charge in [0, 0.05) is 45.0 Å². The number of aromatic nitrogens is 4. The minimum Gasteiger partial charge on any atom is -0.328 e. The van der Waals surface area contributed by atoms with Gasteiger partial charge >= 0.3 is 16.1 Å². The third-order valence-electron chi connectivity index (χ3n) is 5.58. The lowest BCUT2D eigenvalue weighted by atomic mass is 10.1. The normalized spacial score (nSPS) is 14.0. The van der Waals surface area contributed by atoms with Gasteiger partial charge < -0.3 is 4.57 Å². The number of unbranched alkanes of at least 4 members (excludes halogenated alkanes) is 1. The zero-order chi connectivity index (χ0) is 25.0. The third-order valence-corrected chi connectivity index (χ3v) is 6.60. The highest BCUT2D eigenvalue weighted by molar-refractivity contribution is 7.79. The number of hydrogen-bond donors (Lipinski definition) is 2. The van der Waals surface area contributed by atoms with Gasteiger partial charge in [0.1, 0.15) is 5.78 Å². The molecule has 186 valence electrons. The summed E-state index contributed by atoms with van der Waals surface area (Å²) >= 11 is 1.79. The van der Waals surface area contributed by atoms with Gasteiger partial charge in [0.15, 0.2) is 11.2 Å². The molecular weight excluding hydrogens is 486 g/mol. The lowest BCUT2D eigenvalue weighted by Crippen LogP contribution is -2.39. The number of hydrogen-bond acceptors (Lipinski definition) is 8. The number of ketones is 1. The molecule has 0 saturated carbocycles. The first-order valence-corrected chi connectivity index (χ1v) is 12.8. The topological polar surface area (TPSA) is 157 Å². The van der Waals surface area contributed by atoms with Crippen LogP contribution in [0.5, 0.6) is 0 Å². The zero-order valence-electron chi connectivity index (χ0n) is 18.9. The van der Waals surface area contributed by atoms with Gasteiger partial charge in [-0.2, -0.15) is 8.42 Å². The second-order valence-corrected chi connectivity index (χ2v) is 10.00. The number of carbonyl (C=O) groups is 1. The molecule has 0 aliphatic carbocycles. The molecule has 0 bridgehead atoms. The molecule has 0 atom stereocenters. The van der Waals surface area contributed by atoms with E-state index in [9.17, 15) is 14.4 Å². The summed E-state index contributed by atoms with van der Waals surface area (Å²) in [6.45, 7) is 2.55. The van der Waals surface area contributed by atoms with Gasteiger partial charge in [-0.05, 0) is 36.3 Å². The van der Waals surface area contributed by atoms with Crippen LogP contribution in [0.4, 0.5) is 0 Å². The van der Waals surface area contributed by atoms with Gasteiger partial charge in [0.25, 0.3) is 5.56 Å². The van der Waals surface area contributed by atoms with E-state index in [4.69, 9.17) is 17.5 Å². The van der Waals surface area contributed by atoms with Crippen molar-refractivity contribution in [1.29, 1.82) is 0 Å². The number of aryl methyl sites for hydroxylation is 2. The summed E-state index contributed by atoms with van der Waals surface area (Å²) in [7, 11) is -1.31. The van der Waals surface area contributed by atoms with Crippen molar-refractivity contribution in [2.24, 2.45) is 14.1 Å². The first-order chi connectivity index (χ1) is 16.0. The van der Waals surface area contributed by atoms with E-state index in [-0.39, 0.29) is 17.0 Å². The standard InChI is InChI=1S/C20H25N5O3S.H2O4S/c1-22-13-21-18-17(22)19(27)25(20(28)23(18)2)8-4-3-5-15(26)12-24-9-6-16-14(11-24)7-10-29-16;1-5(2,3)4/h7,10,13H,3-6,8-9,11-12H2,1-2H3;(H2,1,2,3,4). The van der Waals surface area contributed by atoms with E-state index in [0.717, 1.165) is 19.5 Å². The fraction of sp³-hybridized carbons (Fsp3) is 0.500. The summed E-state index contributed by atoms with van der Waals surface area (Å²) in [5.41, 5.74) is 1.46. The molecule has 0 aromatic carbocycles. The Morgan fingerprint density at radius 2 is 1.91 bits per heavy atom. The van der Waals surface area contributed by atoms with Crippen LogP contribution in [0.1, 0.15) is 29.7 Å². The largest absolute Gasteiger partial charge is 0.394 e. The molecule has 34 heavy (non-hydrogen) atoms. The van der Waals surface area contributed by atoms with Crippen molar-refractivity contribution in [3.63, 3.8) is 0 Å². The summed E-state index contributed by atoms with van der Waals surface area (Å²) in [6, 6.07) is 2.15. The molecular formula is C20H27N5O7S2. The minimum absolute atomic E-state index is 0.214. The summed E-state index contributed by atoms with van der Waals surface area (Å²) < 4.78 is 35.9. The SMILES string of the molecule is Cn1cnc2c1c(=O)n(CCCCC(=O)CN1CCc3sccc3C1)c(=O)n2C.O=S(=O)(O)O. The van der Waals surface area contributed by atoms with E-state index in [1.165, 1.54) is 25.9 Å². The Bertz CT molecular complexity index is 1390. The van der Waals surface area contributed by atoms with Crippen molar-refractivity contribution in [1.82, 2.24) is 23.6 Å². The molecule has 3 aromatic heterocycles. The second-order valence-electron chi connectivity index (χ2n) is 8.10. The lowest BCUT2D eigenvalue weighted by Gasteiger charge is -2.26. The predicted octanol–water partition coefficient (Wildman–Crippen LogP) is 0.640. The third kappa shape index (κ3) is 6.48. The first kappa shape index (κ1) is 26.0. The van der Waals surface area contributed by atoms with Crippen LogP contribution in [0.2, 0.25) is 0 Å². The number of nitrogens with zero attached hydrogens (tertiary/aromatic N) is 5. The Morgan fingerprint density at radius 1 is 1.21 bits per heavy atom. The fourth-order valence-corrected chi connectivity index (χ4v) is 4.85. The van der Waals surface area contributed by atoms with Crippen LogP contribution in [-0.4, -0.2) is 60.0 Å². The van der Waals surface area contributed by atoms with Crippen LogP contribution < -0.4 is 11.2 Å². The molecule has 12 nitrogen and oxygen atoms in total. The van der Waals surface area contributed by atoms with E-state index < -0.39 is 10.4 Å². The highest BCUT2D eigenvalue weighted by Gasteiger charge is 2.19. The molecule has 0 saturated heterocycles. The average Bonchev–Trinajstić information content (AvgIpc) is 3.36. The Labute approximate surface area is 199 Å². The molecule has 2 N–H and O–H groups in total. The minimum atomic E-state index is -4.67. The van der Waals surface area contributed by atoms with Gasteiger partial charge in [0.05, 0.1) is 12.9 Å². The number of carbonyl (C=O) groups excluding carboxylic acids is 1. The van der Waals surface area contributed by atoms with Gasteiger partial charge in [-0.25, -0.2) is 9.78 Å². The van der Waals surface area contributed by atoms with Gasteiger partial charge in [-0.15, -0.1) is 11.3 Å². The Balaban J connectivity index is 0.000000588. The molecule has 0 amide bonds. The number of Topliss-reactive ketones (excluding diaryl/α,β-unsaturated/α-hetero) is 1. The van der Waals surface area contributed by atoms with E-state index in [0.29, 0.717) is 43.5 Å². The van der Waals surface area contributed by atoms with E-state index >= 15 is 0 Å². The van der Waals surface area contributed by atoms with E-state index in [1.54, 1.807) is 30.0 Å². The highest BCUT2D eigenvalue weighted by Crippen LogP contribution is 2.23. The monoisotopic (exact) mass is 513 g/mol. The molecule has 3 aromatic rings. The number of fused-ring (bicyclic) bond motifs is 2. The van der Waals surface area contributed by atoms with Crippen molar-refractivity contribution >= 4 is 38.7 Å². The lowest BCUT2D eigenvalue weighted by molar-refractivity contribution is -0.120. The van der Waals surface area contributed by atoms with Crippen LogP contribution in [-0.2, 0) is 48.8 Å². The summed E-state index contributed by atoms with van der Waals surface area (Å²) in [5, 5.41) is 2.12. The fourth-order valence-electron chi connectivity index (χ4n) is 3.96. The highest BCUT2D eigenvalue weighted by atomic mass is 32.3. The number of rotatable bonds is 7. The molecule has 1 aliphatic heterocycles. The summed E-state index contributed by atoms with van der Waals surface area (Å²) in [5.74, 6) is 0.214. The summed E-state index contributed by atoms with van der Waals surface area (Å²) in [6.07, 6.45) is 4.29. The van der Waals surface area contributed by atoms with E-state index in [1.807, 2.05) is 0 Å². The molecule has 0 spiro atoms. The molecule has 4 heterocycles. The van der Waals surface area contributed by atoms with Gasteiger partial charge in [0.2, 0.25) is 0 Å². The maximum atomic E-state index is 12.7. The second kappa shape index (κ2) is 10.7. The van der Waals surface area contributed by atoms with Crippen molar-refractivity contribution in [2.45, 2.75) is 38.8 Å². The summed E-state index contributed by atoms with van der Waals surface area (Å²) in [4.78, 5) is 45.3. The molecule has 1 aliphatic rings. The van der Waals surface area contributed by atoms with Crippen molar-refractivity contribution in [2.75, 3.05) is 13.1 Å². The molecule has 0 fully saturated rings. The number of imidazole rings is 1. The first-order valence-electron chi connectivity index (χ1n) is 10.6. The Kier molecular flexibility index (Phi) is 8.20. The molecule has 14 heteroatoms. The van der Waals surface area contributed by atoms with Crippen molar-refractivity contribution in [3.05, 3.63) is 49.1 Å². The Morgan fingerprint density at radius 3 is 2.62 bits per heavy atom. The van der Waals surface area contributed by atoms with Crippen molar-refractivity contribution in [3.8, 4) is 0 Å². The number of thiophene rings is 1. The van der Waals surface area contributed by atoms with Crippen LogP contribution in [0.3, 0.4) is 0 Å². The van der Waals surface area contributed by atoms with Crippen molar-refractivity contribution < 1.29 is 22.3 Å². The molecule has 0 unspecified atom stereocenters. The van der Waals surface area contributed by atoms with Gasteiger partial charge in [-0.1, -0.05) is 0 Å². The van der Waals surface area contributed by atoms with Crippen LogP contribution in [0.25, 0.3) is 11.2 Å². The van der Waals surface area contributed by atoms with Crippen LogP contribution in [0.15, 0.2) is 27.4 Å². The molecule has 4 rings (SSSR count). The zero-order valence-corrected chi connectivity index (χ0v) is 20.5. The smallest absolute Gasteiger partial charge is 0.328 e. The maximum Gasteiger partial charge on any atom is 0.394 e. The van der Waals surface area contributed by atoms with Crippen LogP contribution in [0, 0.1) is 0 Å². The van der Waals surface area contributed by atoms with E-state index in [2.05, 4.69) is 21.3 Å². The maximum absolute atomic E-state index is 12.7. The Hall–Kier alpha value is -2.65. The van der Waals surface area contributed by atoms with Gasteiger partial charge in [-0.3, -0.25) is 32.7 Å². The quantitative estimate of drug-likeness (QED) is 0.342. The predicted molar refractivity (Wildman–Crippen MR) is 127 cm³/mol. The van der Waals surface area contributed by atoms with Crippen LogP contribution >= 0.6 is 11.3 Å².